The van der Waals surface area contributed by atoms with E-state index >= 15 is 0 Å². The first kappa shape index (κ1) is 15.3. The predicted octanol–water partition coefficient (Wildman–Crippen LogP) is -0.657. The van der Waals surface area contributed by atoms with Crippen molar-refractivity contribution in [3.8, 4) is 0 Å². The standard InChI is InChI=1S/C12H19N3O4/c1-9(16)8-14(2)12(18)10-4-5-11(17)15(13-10)6-7-19-3/h4-5,9,16H,6-8H2,1-3H3. The molecule has 1 aromatic heterocycles. The molecule has 0 aliphatic rings. The molecule has 0 saturated heterocycles. The van der Waals surface area contributed by atoms with Gasteiger partial charge in [0, 0.05) is 26.8 Å². The van der Waals surface area contributed by atoms with Gasteiger partial charge in [-0.1, -0.05) is 0 Å². The zero-order valence-electron chi connectivity index (χ0n) is 11.4. The van der Waals surface area contributed by atoms with E-state index in [0.29, 0.717) is 6.61 Å². The van der Waals surface area contributed by atoms with Crippen LogP contribution in [0.3, 0.4) is 0 Å². The number of hydrogen-bond donors (Lipinski definition) is 1. The first-order valence-electron chi connectivity index (χ1n) is 5.96. The fourth-order valence-electron chi connectivity index (χ4n) is 1.58. The van der Waals surface area contributed by atoms with Crippen molar-refractivity contribution >= 4 is 5.91 Å². The van der Waals surface area contributed by atoms with Gasteiger partial charge in [0.1, 0.15) is 5.69 Å². The minimum Gasteiger partial charge on any atom is -0.392 e. The van der Waals surface area contributed by atoms with Gasteiger partial charge in [-0.05, 0) is 13.0 Å². The van der Waals surface area contributed by atoms with Gasteiger partial charge >= 0.3 is 0 Å². The second kappa shape index (κ2) is 7.01. The van der Waals surface area contributed by atoms with Crippen LogP contribution in [0.5, 0.6) is 0 Å². The number of carbonyl (C=O) groups is 1. The number of hydrogen-bond acceptors (Lipinski definition) is 5. The molecule has 0 radical (unpaired) electrons. The van der Waals surface area contributed by atoms with E-state index in [9.17, 15) is 14.7 Å². The maximum Gasteiger partial charge on any atom is 0.274 e. The zero-order chi connectivity index (χ0) is 14.4. The Balaban J connectivity index is 2.88. The Bertz CT molecular complexity index is 484. The fraction of sp³-hybridized carbons (Fsp3) is 0.583. The van der Waals surface area contributed by atoms with Crippen molar-refractivity contribution in [2.24, 2.45) is 0 Å². The summed E-state index contributed by atoms with van der Waals surface area (Å²) in [5.41, 5.74) is -0.120. The summed E-state index contributed by atoms with van der Waals surface area (Å²) in [5.74, 6) is -0.341. The van der Waals surface area contributed by atoms with Crippen LogP contribution in [-0.4, -0.2) is 59.1 Å². The Hall–Kier alpha value is -1.73. The highest BCUT2D eigenvalue weighted by molar-refractivity contribution is 5.91. The number of rotatable bonds is 6. The lowest BCUT2D eigenvalue weighted by Crippen LogP contribution is -2.35. The topological polar surface area (TPSA) is 84.7 Å². The number of aliphatic hydroxyl groups is 1. The summed E-state index contributed by atoms with van der Waals surface area (Å²) >= 11 is 0. The molecular weight excluding hydrogens is 250 g/mol. The van der Waals surface area contributed by atoms with E-state index in [0.717, 1.165) is 0 Å². The van der Waals surface area contributed by atoms with E-state index in [-0.39, 0.29) is 30.2 Å². The highest BCUT2D eigenvalue weighted by Crippen LogP contribution is 1.99. The van der Waals surface area contributed by atoms with Crippen LogP contribution in [0.4, 0.5) is 0 Å². The minimum absolute atomic E-state index is 0.166. The molecular formula is C12H19N3O4. The maximum absolute atomic E-state index is 12.0. The van der Waals surface area contributed by atoms with Crippen LogP contribution in [0, 0.1) is 0 Å². The zero-order valence-corrected chi connectivity index (χ0v) is 11.4. The summed E-state index contributed by atoms with van der Waals surface area (Å²) < 4.78 is 6.06. The van der Waals surface area contributed by atoms with Gasteiger partial charge in [-0.25, -0.2) is 4.68 Å². The van der Waals surface area contributed by atoms with E-state index in [1.807, 2.05) is 0 Å². The number of ether oxygens (including phenoxy) is 1. The molecule has 1 aromatic rings. The molecule has 0 bridgehead atoms. The van der Waals surface area contributed by atoms with Gasteiger partial charge in [0.15, 0.2) is 0 Å². The summed E-state index contributed by atoms with van der Waals surface area (Å²) in [5, 5.41) is 13.2. The number of likely N-dealkylation sites (N-methyl/N-ethyl adjacent to an activating group) is 1. The Morgan fingerprint density at radius 3 is 2.84 bits per heavy atom. The molecule has 1 N–H and O–H groups in total. The largest absolute Gasteiger partial charge is 0.392 e. The number of aliphatic hydroxyl groups excluding tert-OH is 1. The van der Waals surface area contributed by atoms with Crippen molar-refractivity contribution < 1.29 is 14.6 Å². The molecule has 0 aromatic carbocycles. The fourth-order valence-corrected chi connectivity index (χ4v) is 1.58. The van der Waals surface area contributed by atoms with Gasteiger partial charge in [0.05, 0.1) is 19.3 Å². The summed E-state index contributed by atoms with van der Waals surface area (Å²) in [4.78, 5) is 24.9. The molecule has 7 nitrogen and oxygen atoms in total. The Morgan fingerprint density at radius 2 is 2.26 bits per heavy atom. The van der Waals surface area contributed by atoms with Gasteiger partial charge in [-0.15, -0.1) is 0 Å². The Labute approximate surface area is 111 Å². The molecule has 7 heteroatoms. The lowest BCUT2D eigenvalue weighted by Gasteiger charge is -2.18. The molecule has 0 fully saturated rings. The average molecular weight is 269 g/mol. The average Bonchev–Trinajstić information content (AvgIpc) is 2.36. The maximum atomic E-state index is 12.0. The van der Waals surface area contributed by atoms with E-state index in [4.69, 9.17) is 4.74 Å². The van der Waals surface area contributed by atoms with Crippen LogP contribution >= 0.6 is 0 Å². The molecule has 19 heavy (non-hydrogen) atoms. The second-order valence-corrected chi connectivity index (χ2v) is 4.31. The predicted molar refractivity (Wildman–Crippen MR) is 69.0 cm³/mol. The van der Waals surface area contributed by atoms with Gasteiger partial charge in [-0.2, -0.15) is 5.10 Å². The molecule has 106 valence electrons. The lowest BCUT2D eigenvalue weighted by molar-refractivity contribution is 0.0694. The van der Waals surface area contributed by atoms with Crippen molar-refractivity contribution in [3.63, 3.8) is 0 Å². The third kappa shape index (κ3) is 4.46. The van der Waals surface area contributed by atoms with Crippen molar-refractivity contribution in [1.82, 2.24) is 14.7 Å². The first-order chi connectivity index (χ1) is 8.95. The van der Waals surface area contributed by atoms with Crippen LogP contribution in [0.15, 0.2) is 16.9 Å². The Morgan fingerprint density at radius 1 is 1.58 bits per heavy atom. The van der Waals surface area contributed by atoms with Gasteiger partial charge in [-0.3, -0.25) is 9.59 Å². The summed E-state index contributed by atoms with van der Waals surface area (Å²) in [6.45, 7) is 2.43. The molecule has 1 heterocycles. The van der Waals surface area contributed by atoms with E-state index in [1.165, 1.54) is 28.8 Å². The van der Waals surface area contributed by atoms with Crippen molar-refractivity contribution in [2.45, 2.75) is 19.6 Å². The van der Waals surface area contributed by atoms with Crippen LogP contribution < -0.4 is 5.56 Å². The quantitative estimate of drug-likeness (QED) is 0.741. The minimum atomic E-state index is -0.617. The molecule has 0 aliphatic heterocycles. The number of methoxy groups -OCH3 is 1. The molecule has 1 amide bonds. The molecule has 1 atom stereocenters. The summed E-state index contributed by atoms with van der Waals surface area (Å²) in [7, 11) is 3.10. The van der Waals surface area contributed by atoms with Crippen LogP contribution in [0.1, 0.15) is 17.4 Å². The van der Waals surface area contributed by atoms with Crippen LogP contribution in [-0.2, 0) is 11.3 Å². The van der Waals surface area contributed by atoms with Crippen molar-refractivity contribution in [3.05, 3.63) is 28.2 Å². The third-order valence-electron chi connectivity index (χ3n) is 2.48. The highest BCUT2D eigenvalue weighted by Gasteiger charge is 2.15. The van der Waals surface area contributed by atoms with Gasteiger partial charge in [0.25, 0.3) is 11.5 Å². The molecule has 0 aliphatic carbocycles. The lowest BCUT2D eigenvalue weighted by atomic mass is 10.3. The van der Waals surface area contributed by atoms with Crippen molar-refractivity contribution in [1.29, 1.82) is 0 Å². The van der Waals surface area contributed by atoms with Gasteiger partial charge < -0.3 is 14.7 Å². The molecule has 1 rings (SSSR count). The molecule has 0 saturated carbocycles. The normalized spacial score (nSPS) is 12.2. The van der Waals surface area contributed by atoms with E-state index < -0.39 is 6.10 Å². The highest BCUT2D eigenvalue weighted by atomic mass is 16.5. The van der Waals surface area contributed by atoms with E-state index in [2.05, 4.69) is 5.10 Å². The van der Waals surface area contributed by atoms with Crippen molar-refractivity contribution in [2.75, 3.05) is 27.3 Å². The Kier molecular flexibility index (Phi) is 5.65. The van der Waals surface area contributed by atoms with Crippen LogP contribution in [0.25, 0.3) is 0 Å². The molecule has 1 unspecified atom stereocenters. The number of amides is 1. The number of carbonyl (C=O) groups excluding carboxylic acids is 1. The summed E-state index contributed by atoms with van der Waals surface area (Å²) in [6.07, 6.45) is -0.617. The molecule has 0 spiro atoms. The SMILES string of the molecule is COCCn1nc(C(=O)N(C)CC(C)O)ccc1=O. The monoisotopic (exact) mass is 269 g/mol. The third-order valence-corrected chi connectivity index (χ3v) is 2.48. The smallest absolute Gasteiger partial charge is 0.274 e. The number of nitrogens with zero attached hydrogens (tertiary/aromatic N) is 3. The second-order valence-electron chi connectivity index (χ2n) is 4.31. The van der Waals surface area contributed by atoms with Crippen LogP contribution in [0.2, 0.25) is 0 Å². The van der Waals surface area contributed by atoms with Gasteiger partial charge in [0.2, 0.25) is 0 Å². The van der Waals surface area contributed by atoms with E-state index in [1.54, 1.807) is 14.0 Å². The first-order valence-corrected chi connectivity index (χ1v) is 5.96. The number of aromatic nitrogens is 2. The summed E-state index contributed by atoms with van der Waals surface area (Å²) in [6, 6.07) is 2.68.